The third-order valence-electron chi connectivity index (χ3n) is 4.45. The molecular weight excluding hydrogens is 384 g/mol. The Labute approximate surface area is 175 Å². The summed E-state index contributed by atoms with van der Waals surface area (Å²) in [5, 5.41) is 5.92. The number of aryl methyl sites for hydroxylation is 2. The lowest BCUT2D eigenvalue weighted by molar-refractivity contribution is -0.127. The molecule has 1 atom stereocenters. The third kappa shape index (κ3) is 5.81. The lowest BCUT2D eigenvalue weighted by atomic mass is 10.1. The molecule has 2 aromatic carbocycles. The standard InChI is InChI=1S/C23H26N2O3S/c1-15-11-16(2)13-21(12-15)28-17(3)22(26)24-10-9-19-14-29-23(25-19)18-5-7-20(27-4)8-6-18/h5-8,11-14,17H,9-10H2,1-4H3,(H,24,26)/t17-/m1/s1. The number of nitrogens with zero attached hydrogens (tertiary/aromatic N) is 1. The highest BCUT2D eigenvalue weighted by Gasteiger charge is 2.15. The quantitative estimate of drug-likeness (QED) is 0.591. The monoisotopic (exact) mass is 410 g/mol. The number of aromatic nitrogens is 1. The second kappa shape index (κ2) is 9.56. The highest BCUT2D eigenvalue weighted by molar-refractivity contribution is 7.13. The topological polar surface area (TPSA) is 60.5 Å². The van der Waals surface area contributed by atoms with Crippen LogP contribution in [0, 0.1) is 13.8 Å². The summed E-state index contributed by atoms with van der Waals surface area (Å²) in [5.74, 6) is 1.41. The first-order chi connectivity index (χ1) is 13.9. The van der Waals surface area contributed by atoms with Gasteiger partial charge in [-0.2, -0.15) is 0 Å². The normalized spacial score (nSPS) is 11.7. The molecule has 1 heterocycles. The average molecular weight is 411 g/mol. The molecular formula is C23H26N2O3S. The first kappa shape index (κ1) is 20.9. The molecule has 0 spiro atoms. The Balaban J connectivity index is 1.49. The SMILES string of the molecule is COc1ccc(-c2nc(CCNC(=O)[C@@H](C)Oc3cc(C)cc(C)c3)cs2)cc1. The van der Waals surface area contributed by atoms with Gasteiger partial charge in [0.2, 0.25) is 0 Å². The van der Waals surface area contributed by atoms with Crippen molar-refractivity contribution < 1.29 is 14.3 Å². The number of nitrogens with one attached hydrogen (secondary N) is 1. The van der Waals surface area contributed by atoms with Crippen LogP contribution in [0.15, 0.2) is 47.8 Å². The van der Waals surface area contributed by atoms with Crippen LogP contribution in [0.25, 0.3) is 10.6 Å². The molecule has 0 saturated carbocycles. The van der Waals surface area contributed by atoms with Crippen LogP contribution in [0.4, 0.5) is 0 Å². The van der Waals surface area contributed by atoms with Crippen molar-refractivity contribution in [3.05, 3.63) is 64.7 Å². The van der Waals surface area contributed by atoms with Gasteiger partial charge in [-0.25, -0.2) is 4.98 Å². The Bertz CT molecular complexity index is 946. The highest BCUT2D eigenvalue weighted by atomic mass is 32.1. The Kier molecular flexibility index (Phi) is 6.88. The molecule has 0 aliphatic carbocycles. The smallest absolute Gasteiger partial charge is 0.260 e. The van der Waals surface area contributed by atoms with Crippen molar-refractivity contribution in [1.29, 1.82) is 0 Å². The predicted octanol–water partition coefficient (Wildman–Crippen LogP) is 4.56. The number of amides is 1. The van der Waals surface area contributed by atoms with E-state index in [9.17, 15) is 4.79 Å². The first-order valence-corrected chi connectivity index (χ1v) is 10.4. The van der Waals surface area contributed by atoms with E-state index in [-0.39, 0.29) is 5.91 Å². The maximum Gasteiger partial charge on any atom is 0.260 e. The van der Waals surface area contributed by atoms with E-state index in [4.69, 9.17) is 9.47 Å². The van der Waals surface area contributed by atoms with Crippen LogP contribution >= 0.6 is 11.3 Å². The number of carbonyl (C=O) groups excluding carboxylic acids is 1. The second-order valence-corrected chi connectivity index (χ2v) is 7.86. The minimum absolute atomic E-state index is 0.130. The zero-order valence-corrected chi connectivity index (χ0v) is 18.0. The molecule has 0 aliphatic rings. The van der Waals surface area contributed by atoms with Gasteiger partial charge < -0.3 is 14.8 Å². The van der Waals surface area contributed by atoms with Gasteiger partial charge in [0.15, 0.2) is 6.10 Å². The van der Waals surface area contributed by atoms with Crippen LogP contribution in [-0.4, -0.2) is 30.6 Å². The summed E-state index contributed by atoms with van der Waals surface area (Å²) >= 11 is 1.60. The molecule has 0 radical (unpaired) electrons. The Morgan fingerprint density at radius 3 is 2.45 bits per heavy atom. The predicted molar refractivity (Wildman–Crippen MR) is 117 cm³/mol. The van der Waals surface area contributed by atoms with Crippen molar-refractivity contribution in [2.75, 3.05) is 13.7 Å². The number of thiazole rings is 1. The van der Waals surface area contributed by atoms with Gasteiger partial charge in [-0.15, -0.1) is 11.3 Å². The van der Waals surface area contributed by atoms with Crippen LogP contribution in [0.5, 0.6) is 11.5 Å². The molecule has 0 aliphatic heterocycles. The molecule has 1 N–H and O–H groups in total. The van der Waals surface area contributed by atoms with E-state index in [1.807, 2.05) is 55.6 Å². The molecule has 0 bridgehead atoms. The van der Waals surface area contributed by atoms with Gasteiger partial charge in [0.1, 0.15) is 16.5 Å². The molecule has 0 fully saturated rings. The number of benzene rings is 2. The van der Waals surface area contributed by atoms with Crippen LogP contribution in [0.2, 0.25) is 0 Å². The van der Waals surface area contributed by atoms with Crippen LogP contribution in [0.1, 0.15) is 23.7 Å². The highest BCUT2D eigenvalue weighted by Crippen LogP contribution is 2.25. The van der Waals surface area contributed by atoms with E-state index in [2.05, 4.69) is 16.4 Å². The number of hydrogen-bond acceptors (Lipinski definition) is 5. The Morgan fingerprint density at radius 2 is 1.79 bits per heavy atom. The number of methoxy groups -OCH3 is 1. The fourth-order valence-corrected chi connectivity index (χ4v) is 3.86. The summed E-state index contributed by atoms with van der Waals surface area (Å²) in [6, 6.07) is 13.8. The van der Waals surface area contributed by atoms with E-state index in [0.717, 1.165) is 33.1 Å². The van der Waals surface area contributed by atoms with Gasteiger partial charge in [0, 0.05) is 23.9 Å². The summed E-state index contributed by atoms with van der Waals surface area (Å²) < 4.78 is 11.0. The molecule has 0 saturated heterocycles. The molecule has 152 valence electrons. The van der Waals surface area contributed by atoms with E-state index in [1.54, 1.807) is 25.4 Å². The number of rotatable bonds is 8. The molecule has 6 heteroatoms. The molecule has 3 rings (SSSR count). The molecule has 5 nitrogen and oxygen atoms in total. The van der Waals surface area contributed by atoms with Crippen molar-refractivity contribution in [2.45, 2.75) is 33.3 Å². The number of ether oxygens (including phenoxy) is 2. The molecule has 0 unspecified atom stereocenters. The number of carbonyl (C=O) groups is 1. The van der Waals surface area contributed by atoms with Crippen molar-refractivity contribution in [2.24, 2.45) is 0 Å². The molecule has 1 amide bonds. The van der Waals surface area contributed by atoms with Crippen LogP contribution in [-0.2, 0) is 11.2 Å². The summed E-state index contributed by atoms with van der Waals surface area (Å²) in [4.78, 5) is 17.0. The van der Waals surface area contributed by atoms with Gasteiger partial charge in [-0.1, -0.05) is 6.07 Å². The second-order valence-electron chi connectivity index (χ2n) is 7.00. The minimum atomic E-state index is -0.554. The molecule has 29 heavy (non-hydrogen) atoms. The summed E-state index contributed by atoms with van der Waals surface area (Å²) in [7, 11) is 1.65. The van der Waals surface area contributed by atoms with Gasteiger partial charge in [0.25, 0.3) is 5.91 Å². The van der Waals surface area contributed by atoms with Crippen LogP contribution < -0.4 is 14.8 Å². The summed E-state index contributed by atoms with van der Waals surface area (Å²) in [6.07, 6.45) is 0.121. The zero-order chi connectivity index (χ0) is 20.8. The van der Waals surface area contributed by atoms with Gasteiger partial charge in [0.05, 0.1) is 12.8 Å². The van der Waals surface area contributed by atoms with Gasteiger partial charge >= 0.3 is 0 Å². The largest absolute Gasteiger partial charge is 0.497 e. The maximum absolute atomic E-state index is 12.3. The lowest BCUT2D eigenvalue weighted by Gasteiger charge is -2.15. The van der Waals surface area contributed by atoms with Gasteiger partial charge in [-0.3, -0.25) is 4.79 Å². The van der Waals surface area contributed by atoms with Crippen molar-refractivity contribution >= 4 is 17.2 Å². The van der Waals surface area contributed by atoms with Gasteiger partial charge in [-0.05, 0) is 68.3 Å². The maximum atomic E-state index is 12.3. The zero-order valence-electron chi connectivity index (χ0n) is 17.2. The van der Waals surface area contributed by atoms with Crippen molar-refractivity contribution in [3.8, 4) is 22.1 Å². The fourth-order valence-electron chi connectivity index (χ4n) is 3.00. The van der Waals surface area contributed by atoms with E-state index >= 15 is 0 Å². The Morgan fingerprint density at radius 1 is 1.10 bits per heavy atom. The van der Waals surface area contributed by atoms with Crippen LogP contribution in [0.3, 0.4) is 0 Å². The number of hydrogen-bond donors (Lipinski definition) is 1. The molecule has 3 aromatic rings. The first-order valence-electron chi connectivity index (χ1n) is 9.56. The lowest BCUT2D eigenvalue weighted by Crippen LogP contribution is -2.37. The Hall–Kier alpha value is -2.86. The summed E-state index contributed by atoms with van der Waals surface area (Å²) in [6.45, 7) is 6.31. The van der Waals surface area contributed by atoms with Crippen molar-refractivity contribution in [3.63, 3.8) is 0 Å². The summed E-state index contributed by atoms with van der Waals surface area (Å²) in [5.41, 5.74) is 4.25. The third-order valence-corrected chi connectivity index (χ3v) is 5.39. The minimum Gasteiger partial charge on any atom is -0.497 e. The van der Waals surface area contributed by atoms with E-state index in [1.165, 1.54) is 0 Å². The molecule has 1 aromatic heterocycles. The fraction of sp³-hybridized carbons (Fsp3) is 0.304. The van der Waals surface area contributed by atoms with E-state index < -0.39 is 6.10 Å². The average Bonchev–Trinajstić information content (AvgIpc) is 3.16. The van der Waals surface area contributed by atoms with Crippen molar-refractivity contribution in [1.82, 2.24) is 10.3 Å². The van der Waals surface area contributed by atoms with E-state index in [0.29, 0.717) is 18.7 Å².